The minimum Gasteiger partial charge on any atom is -0.349 e. The Morgan fingerprint density at radius 1 is 1.55 bits per heavy atom. The van der Waals surface area contributed by atoms with Gasteiger partial charge < -0.3 is 14.8 Å². The summed E-state index contributed by atoms with van der Waals surface area (Å²) in [6.45, 7) is 4.63. The Labute approximate surface area is 116 Å². The Balaban J connectivity index is 1.65. The highest BCUT2D eigenvalue weighted by molar-refractivity contribution is 6.00. The third-order valence-electron chi connectivity index (χ3n) is 3.23. The van der Waals surface area contributed by atoms with Crippen molar-refractivity contribution < 1.29 is 14.3 Å². The van der Waals surface area contributed by atoms with Gasteiger partial charge in [0.2, 0.25) is 0 Å². The van der Waals surface area contributed by atoms with Crippen LogP contribution in [0.4, 0.5) is 0 Å². The number of nitrogens with one attached hydrogen (secondary N) is 1. The van der Waals surface area contributed by atoms with Gasteiger partial charge in [0.1, 0.15) is 6.10 Å². The number of carbonyl (C=O) groups excluding carboxylic acids is 1. The van der Waals surface area contributed by atoms with Gasteiger partial charge in [-0.15, -0.1) is 0 Å². The third-order valence-corrected chi connectivity index (χ3v) is 3.23. The van der Waals surface area contributed by atoms with E-state index in [0.29, 0.717) is 18.7 Å². The Morgan fingerprint density at radius 2 is 2.40 bits per heavy atom. The largest absolute Gasteiger partial charge is 0.349 e. The fraction of sp³-hybridized carbons (Fsp3) is 0.429. The molecule has 0 spiro atoms. The first-order valence-electron chi connectivity index (χ1n) is 6.57. The summed E-state index contributed by atoms with van der Waals surface area (Å²) in [6, 6.07) is 5.61. The second-order valence-corrected chi connectivity index (χ2v) is 5.25. The molecule has 2 aromatic heterocycles. The van der Waals surface area contributed by atoms with E-state index >= 15 is 0 Å². The van der Waals surface area contributed by atoms with Gasteiger partial charge in [-0.3, -0.25) is 4.79 Å². The number of aromatic nitrogens is 2. The van der Waals surface area contributed by atoms with Crippen LogP contribution in [0.2, 0.25) is 0 Å². The zero-order valence-corrected chi connectivity index (χ0v) is 11.5. The smallest absolute Gasteiger partial charge is 0.255 e. The molecule has 1 N–H and O–H groups in total. The van der Waals surface area contributed by atoms with Crippen LogP contribution in [0.1, 0.15) is 24.2 Å². The van der Waals surface area contributed by atoms with Gasteiger partial charge in [-0.25, -0.2) is 4.52 Å². The van der Waals surface area contributed by atoms with Crippen LogP contribution in [0.15, 0.2) is 30.6 Å². The molecule has 6 heteroatoms. The van der Waals surface area contributed by atoms with E-state index in [1.165, 1.54) is 0 Å². The average Bonchev–Trinajstić information content (AvgIpc) is 2.99. The SMILES string of the molecule is CC1(C)OCC(CNC(=O)c2cnn3ccccc23)O1. The summed E-state index contributed by atoms with van der Waals surface area (Å²) in [4.78, 5) is 12.2. The molecule has 0 bridgehead atoms. The molecule has 1 atom stereocenters. The van der Waals surface area contributed by atoms with Crippen LogP contribution in [0, 0.1) is 0 Å². The molecule has 2 aromatic rings. The molecular weight excluding hydrogens is 258 g/mol. The summed E-state index contributed by atoms with van der Waals surface area (Å²) >= 11 is 0. The number of nitrogens with zero attached hydrogens (tertiary/aromatic N) is 2. The first-order valence-corrected chi connectivity index (χ1v) is 6.57. The molecule has 1 aliphatic heterocycles. The number of pyridine rings is 1. The van der Waals surface area contributed by atoms with Crippen molar-refractivity contribution in [2.45, 2.75) is 25.7 Å². The summed E-state index contributed by atoms with van der Waals surface area (Å²) in [7, 11) is 0. The standard InChI is InChI=1S/C14H17N3O3/c1-14(2)19-9-10(20-14)7-15-13(18)11-8-16-17-6-4-3-5-12(11)17/h3-6,8,10H,7,9H2,1-2H3,(H,15,18). The number of hydrogen-bond acceptors (Lipinski definition) is 4. The summed E-state index contributed by atoms with van der Waals surface area (Å²) in [5, 5.41) is 7.00. The van der Waals surface area contributed by atoms with Crippen molar-refractivity contribution in [1.82, 2.24) is 14.9 Å². The molecule has 20 heavy (non-hydrogen) atoms. The van der Waals surface area contributed by atoms with Gasteiger partial charge in [-0.05, 0) is 26.0 Å². The van der Waals surface area contributed by atoms with Gasteiger partial charge in [0.05, 0.1) is 23.9 Å². The van der Waals surface area contributed by atoms with Crippen LogP contribution in [0.5, 0.6) is 0 Å². The Morgan fingerprint density at radius 3 is 3.15 bits per heavy atom. The monoisotopic (exact) mass is 275 g/mol. The van der Waals surface area contributed by atoms with Crippen molar-refractivity contribution in [3.05, 3.63) is 36.2 Å². The molecule has 0 aliphatic carbocycles. The van der Waals surface area contributed by atoms with Gasteiger partial charge in [0.15, 0.2) is 5.79 Å². The van der Waals surface area contributed by atoms with Crippen LogP contribution in [-0.4, -0.2) is 40.6 Å². The zero-order chi connectivity index (χ0) is 14.2. The van der Waals surface area contributed by atoms with E-state index in [2.05, 4.69) is 10.4 Å². The fourth-order valence-electron chi connectivity index (χ4n) is 2.27. The number of amides is 1. The predicted molar refractivity (Wildman–Crippen MR) is 72.4 cm³/mol. The quantitative estimate of drug-likeness (QED) is 0.914. The Bertz CT molecular complexity index is 635. The number of hydrogen-bond donors (Lipinski definition) is 1. The van der Waals surface area contributed by atoms with Crippen molar-refractivity contribution >= 4 is 11.4 Å². The minimum absolute atomic E-state index is 0.115. The van der Waals surface area contributed by atoms with Gasteiger partial charge >= 0.3 is 0 Å². The van der Waals surface area contributed by atoms with Crippen LogP contribution >= 0.6 is 0 Å². The maximum atomic E-state index is 12.2. The molecule has 1 unspecified atom stereocenters. The molecular formula is C14H17N3O3. The molecule has 0 saturated carbocycles. The van der Waals surface area contributed by atoms with Crippen LogP contribution in [0.25, 0.3) is 5.52 Å². The van der Waals surface area contributed by atoms with E-state index in [1.54, 1.807) is 10.7 Å². The van der Waals surface area contributed by atoms with Gasteiger partial charge in [0, 0.05) is 12.7 Å². The first kappa shape index (κ1) is 13.1. The fourth-order valence-corrected chi connectivity index (χ4v) is 2.27. The van der Waals surface area contributed by atoms with E-state index in [-0.39, 0.29) is 12.0 Å². The topological polar surface area (TPSA) is 64.9 Å². The summed E-state index contributed by atoms with van der Waals surface area (Å²) < 4.78 is 12.8. The third kappa shape index (κ3) is 2.52. The molecule has 1 saturated heterocycles. The molecule has 106 valence electrons. The lowest BCUT2D eigenvalue weighted by molar-refractivity contribution is -0.137. The van der Waals surface area contributed by atoms with Crippen LogP contribution < -0.4 is 5.32 Å². The number of fused-ring (bicyclic) bond motifs is 1. The molecule has 0 aromatic carbocycles. The second kappa shape index (κ2) is 4.88. The predicted octanol–water partition coefficient (Wildman–Crippen LogP) is 1.22. The normalized spacial score (nSPS) is 21.2. The van der Waals surface area contributed by atoms with Crippen molar-refractivity contribution in [2.75, 3.05) is 13.2 Å². The molecule has 3 rings (SSSR count). The van der Waals surface area contributed by atoms with Crippen molar-refractivity contribution in [3.63, 3.8) is 0 Å². The number of rotatable bonds is 3. The molecule has 6 nitrogen and oxygen atoms in total. The Kier molecular flexibility index (Phi) is 3.19. The van der Waals surface area contributed by atoms with E-state index < -0.39 is 5.79 Å². The van der Waals surface area contributed by atoms with E-state index in [1.807, 2.05) is 38.2 Å². The van der Waals surface area contributed by atoms with Gasteiger partial charge in [-0.1, -0.05) is 6.07 Å². The highest BCUT2D eigenvalue weighted by Gasteiger charge is 2.32. The molecule has 1 fully saturated rings. The maximum Gasteiger partial charge on any atom is 0.255 e. The highest BCUT2D eigenvalue weighted by atomic mass is 16.7. The molecule has 3 heterocycles. The lowest BCUT2D eigenvalue weighted by Gasteiger charge is -2.17. The van der Waals surface area contributed by atoms with E-state index in [0.717, 1.165) is 5.52 Å². The molecule has 1 aliphatic rings. The summed E-state index contributed by atoms with van der Waals surface area (Å²) in [6.07, 6.45) is 3.26. The summed E-state index contributed by atoms with van der Waals surface area (Å²) in [5.74, 6) is -0.723. The maximum absolute atomic E-state index is 12.2. The average molecular weight is 275 g/mol. The van der Waals surface area contributed by atoms with Crippen LogP contribution in [-0.2, 0) is 9.47 Å². The van der Waals surface area contributed by atoms with E-state index in [4.69, 9.17) is 9.47 Å². The molecule has 1 amide bonds. The highest BCUT2D eigenvalue weighted by Crippen LogP contribution is 2.21. The lowest BCUT2D eigenvalue weighted by atomic mass is 10.2. The number of carbonyl (C=O) groups is 1. The minimum atomic E-state index is -0.570. The van der Waals surface area contributed by atoms with Crippen LogP contribution in [0.3, 0.4) is 0 Å². The Hall–Kier alpha value is -1.92. The first-order chi connectivity index (χ1) is 9.55. The lowest BCUT2D eigenvalue weighted by Crippen LogP contribution is -2.34. The number of ether oxygens (including phenoxy) is 2. The van der Waals surface area contributed by atoms with Crippen molar-refractivity contribution in [3.8, 4) is 0 Å². The van der Waals surface area contributed by atoms with Gasteiger partial charge in [-0.2, -0.15) is 5.10 Å². The van der Waals surface area contributed by atoms with Crippen molar-refractivity contribution in [1.29, 1.82) is 0 Å². The van der Waals surface area contributed by atoms with Crippen molar-refractivity contribution in [2.24, 2.45) is 0 Å². The molecule has 0 radical (unpaired) electrons. The van der Waals surface area contributed by atoms with E-state index in [9.17, 15) is 4.79 Å². The zero-order valence-electron chi connectivity index (χ0n) is 11.5. The second-order valence-electron chi connectivity index (χ2n) is 5.25. The summed E-state index contributed by atoms with van der Waals surface area (Å²) in [5.41, 5.74) is 1.35. The van der Waals surface area contributed by atoms with Gasteiger partial charge in [0.25, 0.3) is 5.91 Å².